The van der Waals surface area contributed by atoms with E-state index in [1.807, 2.05) is 51.1 Å². The molecule has 0 spiro atoms. The van der Waals surface area contributed by atoms with Gasteiger partial charge in [0, 0.05) is 18.8 Å². The average Bonchev–Trinajstić information content (AvgIpc) is 2.76. The highest BCUT2D eigenvalue weighted by Crippen LogP contribution is 2.17. The summed E-state index contributed by atoms with van der Waals surface area (Å²) in [7, 11) is 0. The van der Waals surface area contributed by atoms with Crippen molar-refractivity contribution in [2.45, 2.75) is 45.4 Å². The molecule has 2 amide bonds. The van der Waals surface area contributed by atoms with Crippen LogP contribution in [0.5, 0.6) is 0 Å². The van der Waals surface area contributed by atoms with Crippen LogP contribution in [0.2, 0.25) is 0 Å². The Morgan fingerprint density at radius 2 is 1.74 bits per heavy atom. The topological polar surface area (TPSA) is 49.4 Å². The molecule has 4 nitrogen and oxygen atoms in total. The highest BCUT2D eigenvalue weighted by atomic mass is 32.2. The lowest BCUT2D eigenvalue weighted by Crippen LogP contribution is -2.51. The van der Waals surface area contributed by atoms with E-state index in [1.54, 1.807) is 23.1 Å². The Morgan fingerprint density at radius 3 is 2.39 bits per heavy atom. The Bertz CT molecular complexity index is 829. The Morgan fingerprint density at radius 1 is 1.06 bits per heavy atom. The largest absolute Gasteiger partial charge is 0.354 e. The van der Waals surface area contributed by atoms with E-state index in [1.165, 1.54) is 17.8 Å². The fraction of sp³-hybridized carbons (Fsp3) is 0.440. The van der Waals surface area contributed by atoms with Crippen molar-refractivity contribution in [3.8, 4) is 0 Å². The number of carbonyl (C=O) groups excluding carboxylic acids is 2. The number of carbonyl (C=O) groups is 2. The number of amides is 2. The van der Waals surface area contributed by atoms with Crippen molar-refractivity contribution in [1.29, 1.82) is 0 Å². The smallest absolute Gasteiger partial charge is 0.242 e. The monoisotopic (exact) mass is 444 g/mol. The average molecular weight is 445 g/mol. The molecule has 2 rings (SSSR count). The molecule has 0 aliphatic carbocycles. The van der Waals surface area contributed by atoms with Gasteiger partial charge in [0.25, 0.3) is 0 Å². The summed E-state index contributed by atoms with van der Waals surface area (Å²) >= 11 is 1.37. The summed E-state index contributed by atoms with van der Waals surface area (Å²) in [5, 5.41) is 2.97. The standard InChI is InChI=1S/C25H33FN2O2S/c1-4-23(25(30)27-16-19(2)3)28(15-14-20-10-6-5-7-11-20)24(29)18-31-17-21-12-8-9-13-22(21)26/h5-13,19,23H,4,14-18H2,1-3H3,(H,27,30). The predicted octanol–water partition coefficient (Wildman–Crippen LogP) is 4.68. The van der Waals surface area contributed by atoms with E-state index < -0.39 is 6.04 Å². The van der Waals surface area contributed by atoms with Crippen LogP contribution in [0.15, 0.2) is 54.6 Å². The molecular formula is C25H33FN2O2S. The molecular weight excluding hydrogens is 411 g/mol. The zero-order chi connectivity index (χ0) is 22.6. The van der Waals surface area contributed by atoms with Crippen molar-refractivity contribution < 1.29 is 14.0 Å². The molecule has 2 aromatic rings. The Balaban J connectivity index is 2.05. The highest BCUT2D eigenvalue weighted by molar-refractivity contribution is 7.99. The molecule has 1 N–H and O–H groups in total. The van der Waals surface area contributed by atoms with Gasteiger partial charge in [0.15, 0.2) is 0 Å². The first-order valence-corrected chi connectivity index (χ1v) is 12.0. The second kappa shape index (κ2) is 13.2. The van der Waals surface area contributed by atoms with Gasteiger partial charge in [-0.2, -0.15) is 0 Å². The van der Waals surface area contributed by atoms with Gasteiger partial charge in [-0.05, 0) is 36.0 Å². The molecule has 0 fully saturated rings. The van der Waals surface area contributed by atoms with E-state index in [4.69, 9.17) is 0 Å². The van der Waals surface area contributed by atoms with Crippen molar-refractivity contribution in [3.05, 3.63) is 71.5 Å². The van der Waals surface area contributed by atoms with Crippen LogP contribution in [0.1, 0.15) is 38.3 Å². The number of thioether (sulfide) groups is 1. The lowest BCUT2D eigenvalue weighted by atomic mass is 10.1. The van der Waals surface area contributed by atoms with Crippen LogP contribution < -0.4 is 5.32 Å². The number of halogens is 1. The van der Waals surface area contributed by atoms with Gasteiger partial charge in [0.1, 0.15) is 11.9 Å². The first-order valence-electron chi connectivity index (χ1n) is 10.8. The van der Waals surface area contributed by atoms with Gasteiger partial charge in [-0.15, -0.1) is 11.8 Å². The van der Waals surface area contributed by atoms with Gasteiger partial charge >= 0.3 is 0 Å². The van der Waals surface area contributed by atoms with Gasteiger partial charge < -0.3 is 10.2 Å². The third kappa shape index (κ3) is 8.37. The molecule has 0 aromatic heterocycles. The lowest BCUT2D eigenvalue weighted by Gasteiger charge is -2.31. The summed E-state index contributed by atoms with van der Waals surface area (Å²) in [6, 6.07) is 16.0. The first kappa shape index (κ1) is 24.9. The molecule has 31 heavy (non-hydrogen) atoms. The number of hydrogen-bond donors (Lipinski definition) is 1. The minimum Gasteiger partial charge on any atom is -0.354 e. The molecule has 0 heterocycles. The molecule has 2 aromatic carbocycles. The van der Waals surface area contributed by atoms with E-state index >= 15 is 0 Å². The Hall–Kier alpha value is -2.34. The summed E-state index contributed by atoms with van der Waals surface area (Å²) in [5.41, 5.74) is 1.70. The highest BCUT2D eigenvalue weighted by Gasteiger charge is 2.28. The SMILES string of the molecule is CCC(C(=O)NCC(C)C)N(CCc1ccccc1)C(=O)CSCc1ccccc1F. The minimum atomic E-state index is -0.510. The van der Waals surface area contributed by atoms with Crippen molar-refractivity contribution in [3.63, 3.8) is 0 Å². The minimum absolute atomic E-state index is 0.0937. The molecule has 1 atom stereocenters. The van der Waals surface area contributed by atoms with Crippen LogP contribution in [0, 0.1) is 11.7 Å². The van der Waals surface area contributed by atoms with Crippen LogP contribution in [0.4, 0.5) is 4.39 Å². The van der Waals surface area contributed by atoms with E-state index in [2.05, 4.69) is 5.32 Å². The normalized spacial score (nSPS) is 11.9. The van der Waals surface area contributed by atoms with Gasteiger partial charge in [-0.1, -0.05) is 69.3 Å². The molecule has 0 saturated heterocycles. The summed E-state index contributed by atoms with van der Waals surface area (Å²) in [4.78, 5) is 27.6. The number of nitrogens with one attached hydrogen (secondary N) is 1. The van der Waals surface area contributed by atoms with Gasteiger partial charge in [0.05, 0.1) is 5.75 Å². The fourth-order valence-electron chi connectivity index (χ4n) is 3.27. The third-order valence-electron chi connectivity index (χ3n) is 5.00. The first-order chi connectivity index (χ1) is 14.9. The number of nitrogens with zero attached hydrogens (tertiary/aromatic N) is 1. The maximum absolute atomic E-state index is 13.9. The molecule has 0 saturated carbocycles. The van der Waals surface area contributed by atoms with Crippen LogP contribution >= 0.6 is 11.8 Å². The van der Waals surface area contributed by atoms with Crippen molar-refractivity contribution in [2.24, 2.45) is 5.92 Å². The van der Waals surface area contributed by atoms with E-state index in [9.17, 15) is 14.0 Å². The lowest BCUT2D eigenvalue weighted by molar-refractivity contribution is -0.138. The molecule has 168 valence electrons. The molecule has 0 bridgehead atoms. The number of benzene rings is 2. The quantitative estimate of drug-likeness (QED) is 0.517. The number of hydrogen-bond acceptors (Lipinski definition) is 3. The number of rotatable bonds is 12. The van der Waals surface area contributed by atoms with Gasteiger partial charge in [0.2, 0.25) is 11.8 Å². The zero-order valence-electron chi connectivity index (χ0n) is 18.6. The maximum Gasteiger partial charge on any atom is 0.242 e. The Kier molecular flexibility index (Phi) is 10.6. The van der Waals surface area contributed by atoms with Crippen molar-refractivity contribution in [2.75, 3.05) is 18.8 Å². The van der Waals surface area contributed by atoms with E-state index in [-0.39, 0.29) is 23.4 Å². The van der Waals surface area contributed by atoms with Crippen LogP contribution in [0.25, 0.3) is 0 Å². The predicted molar refractivity (Wildman–Crippen MR) is 126 cm³/mol. The summed E-state index contributed by atoms with van der Waals surface area (Å²) in [6.45, 7) is 7.06. The second-order valence-electron chi connectivity index (χ2n) is 7.97. The van der Waals surface area contributed by atoms with Crippen molar-refractivity contribution in [1.82, 2.24) is 10.2 Å². The van der Waals surface area contributed by atoms with E-state index in [0.717, 1.165) is 5.56 Å². The van der Waals surface area contributed by atoms with Crippen LogP contribution in [0.3, 0.4) is 0 Å². The van der Waals surface area contributed by atoms with E-state index in [0.29, 0.717) is 43.2 Å². The molecule has 1 unspecified atom stereocenters. The summed E-state index contributed by atoms with van der Waals surface area (Å²) in [5.74, 6) is 0.493. The molecule has 0 radical (unpaired) electrons. The molecule has 6 heteroatoms. The summed E-state index contributed by atoms with van der Waals surface area (Å²) in [6.07, 6.45) is 1.22. The van der Waals surface area contributed by atoms with Gasteiger partial charge in [-0.25, -0.2) is 4.39 Å². The maximum atomic E-state index is 13.9. The molecule has 0 aliphatic heterocycles. The van der Waals surface area contributed by atoms with Crippen molar-refractivity contribution >= 4 is 23.6 Å². The van der Waals surface area contributed by atoms with Crippen LogP contribution in [-0.4, -0.2) is 41.6 Å². The Labute approximate surface area is 189 Å². The summed E-state index contributed by atoms with van der Waals surface area (Å²) < 4.78 is 13.9. The molecule has 0 aliphatic rings. The van der Waals surface area contributed by atoms with Crippen LogP contribution in [-0.2, 0) is 21.8 Å². The third-order valence-corrected chi connectivity index (χ3v) is 5.96. The van der Waals surface area contributed by atoms with Gasteiger partial charge in [-0.3, -0.25) is 9.59 Å². The second-order valence-corrected chi connectivity index (χ2v) is 8.96. The fourth-order valence-corrected chi connectivity index (χ4v) is 4.16. The zero-order valence-corrected chi connectivity index (χ0v) is 19.5.